The molecule has 8 nitrogen and oxygen atoms in total. The lowest BCUT2D eigenvalue weighted by Crippen LogP contribution is -2.35. The summed E-state index contributed by atoms with van der Waals surface area (Å²) in [6.07, 6.45) is 7.62. The first-order valence-corrected chi connectivity index (χ1v) is 11.5. The van der Waals surface area contributed by atoms with Crippen LogP contribution in [-0.4, -0.2) is 44.2 Å². The second-order valence-corrected chi connectivity index (χ2v) is 10.1. The number of hydrogen-bond acceptors (Lipinski definition) is 5. The number of nitrogens with zero attached hydrogens (tertiary/aromatic N) is 3. The number of hydrogen-bond donors (Lipinski definition) is 3. The van der Waals surface area contributed by atoms with Crippen molar-refractivity contribution in [3.8, 4) is 0 Å². The molecule has 2 fully saturated rings. The van der Waals surface area contributed by atoms with E-state index >= 15 is 0 Å². The molecule has 5 rings (SSSR count). The van der Waals surface area contributed by atoms with Gasteiger partial charge in [-0.3, -0.25) is 4.40 Å². The average Bonchev–Trinajstić information content (AvgIpc) is 3.16. The number of aliphatic hydroxyl groups excluding tert-OH is 1. The summed E-state index contributed by atoms with van der Waals surface area (Å²) < 4.78 is 29.9. The summed E-state index contributed by atoms with van der Waals surface area (Å²) in [7, 11) is -3.21. The lowest BCUT2D eigenvalue weighted by atomic mass is 9.93. The maximum absolute atomic E-state index is 12.4. The topological polar surface area (TPSA) is 112 Å². The minimum atomic E-state index is -3.21. The van der Waals surface area contributed by atoms with Gasteiger partial charge in [0, 0.05) is 18.2 Å². The number of aromatic nitrogens is 4. The first-order valence-electron chi connectivity index (χ1n) is 9.97. The van der Waals surface area contributed by atoms with Gasteiger partial charge in [0.1, 0.15) is 5.82 Å². The highest BCUT2D eigenvalue weighted by Crippen LogP contribution is 2.43. The van der Waals surface area contributed by atoms with Gasteiger partial charge in [0.2, 0.25) is 10.0 Å². The Labute approximate surface area is 163 Å². The zero-order valence-corrected chi connectivity index (χ0v) is 16.6. The predicted molar refractivity (Wildman–Crippen MR) is 105 cm³/mol. The molecule has 2 saturated carbocycles. The number of sulfonamides is 1. The fourth-order valence-electron chi connectivity index (χ4n) is 4.71. The van der Waals surface area contributed by atoms with Gasteiger partial charge < -0.3 is 10.1 Å². The van der Waals surface area contributed by atoms with Gasteiger partial charge in [0.05, 0.1) is 34.8 Å². The van der Waals surface area contributed by atoms with Crippen LogP contribution in [0.2, 0.25) is 0 Å². The van der Waals surface area contributed by atoms with Gasteiger partial charge in [-0.2, -0.15) is 0 Å². The Morgan fingerprint density at radius 3 is 2.86 bits per heavy atom. The molecule has 0 saturated heterocycles. The second-order valence-electron chi connectivity index (χ2n) is 8.07. The molecule has 0 amide bonds. The minimum Gasteiger partial charge on any atom is -0.390 e. The lowest BCUT2D eigenvalue weighted by Gasteiger charge is -2.17. The molecule has 9 heteroatoms. The van der Waals surface area contributed by atoms with Crippen LogP contribution in [0.3, 0.4) is 0 Å². The molecule has 0 radical (unpaired) electrons. The smallest absolute Gasteiger partial charge is 0.214 e. The van der Waals surface area contributed by atoms with Crippen LogP contribution in [0, 0.1) is 5.92 Å². The van der Waals surface area contributed by atoms with Crippen molar-refractivity contribution in [2.75, 3.05) is 0 Å². The first-order chi connectivity index (χ1) is 13.5. The van der Waals surface area contributed by atoms with E-state index < -0.39 is 10.0 Å². The van der Waals surface area contributed by atoms with E-state index in [1.165, 1.54) is 0 Å². The molecule has 150 valence electrons. The number of rotatable bonds is 6. The zero-order chi connectivity index (χ0) is 19.5. The number of nitrogens with one attached hydrogen (secondary N) is 2. The Morgan fingerprint density at radius 1 is 1.32 bits per heavy atom. The van der Waals surface area contributed by atoms with Crippen molar-refractivity contribution in [3.63, 3.8) is 0 Å². The minimum absolute atomic E-state index is 0.0611. The molecular weight excluding hydrogens is 378 g/mol. The Bertz CT molecular complexity index is 1130. The van der Waals surface area contributed by atoms with Crippen molar-refractivity contribution in [1.82, 2.24) is 24.1 Å². The largest absolute Gasteiger partial charge is 0.390 e. The van der Waals surface area contributed by atoms with Gasteiger partial charge in [-0.05, 0) is 37.7 Å². The van der Waals surface area contributed by atoms with E-state index in [2.05, 4.69) is 26.0 Å². The Balaban J connectivity index is 1.55. The maximum atomic E-state index is 12.4. The van der Waals surface area contributed by atoms with Crippen LogP contribution < -0.4 is 4.72 Å². The lowest BCUT2D eigenvalue weighted by molar-refractivity contribution is 0.278. The van der Waals surface area contributed by atoms with Crippen molar-refractivity contribution < 1.29 is 13.5 Å². The molecule has 3 N–H and O–H groups in total. The molecule has 0 unspecified atom stereocenters. The molecule has 3 aromatic rings. The molecule has 0 aromatic carbocycles. The monoisotopic (exact) mass is 403 g/mol. The van der Waals surface area contributed by atoms with E-state index in [1.54, 1.807) is 6.20 Å². The summed E-state index contributed by atoms with van der Waals surface area (Å²) >= 11 is 0. The number of aromatic amines is 1. The van der Waals surface area contributed by atoms with Crippen LogP contribution in [-0.2, 0) is 16.6 Å². The van der Waals surface area contributed by atoms with Gasteiger partial charge in [-0.25, -0.2) is 23.1 Å². The van der Waals surface area contributed by atoms with E-state index in [9.17, 15) is 13.5 Å². The molecule has 3 aromatic heterocycles. The standard InChI is InChI=1S/C19H25N5O3S/c1-2-11-7-12(23-28(26,27)13-3-4-13)8-14(11)19-22-15(10-25)17-9-21-18-16(24(17)19)5-6-20-18/h5-6,9,11-14,20,23,25H,2-4,7-8,10H2,1H3/t11-,12+,14+/m1/s1. The number of imidazole rings is 1. The van der Waals surface area contributed by atoms with Crippen molar-refractivity contribution in [2.45, 2.75) is 62.8 Å². The van der Waals surface area contributed by atoms with Crippen LogP contribution in [0.5, 0.6) is 0 Å². The number of aliphatic hydroxyl groups is 1. The van der Waals surface area contributed by atoms with Crippen molar-refractivity contribution >= 4 is 26.7 Å². The zero-order valence-electron chi connectivity index (χ0n) is 15.8. The molecule has 0 bridgehead atoms. The van der Waals surface area contributed by atoms with Gasteiger partial charge in [-0.1, -0.05) is 13.3 Å². The molecule has 3 heterocycles. The van der Waals surface area contributed by atoms with Gasteiger partial charge in [0.25, 0.3) is 0 Å². The third kappa shape index (κ3) is 2.84. The number of H-pyrrole nitrogens is 1. The molecule has 0 spiro atoms. The van der Waals surface area contributed by atoms with E-state index in [1.807, 2.05) is 12.3 Å². The van der Waals surface area contributed by atoms with Gasteiger partial charge in [-0.15, -0.1) is 0 Å². The fourth-order valence-corrected chi connectivity index (χ4v) is 6.31. The fraction of sp³-hybridized carbons (Fsp3) is 0.579. The highest BCUT2D eigenvalue weighted by molar-refractivity contribution is 7.90. The summed E-state index contributed by atoms with van der Waals surface area (Å²) in [6.45, 7) is 1.99. The van der Waals surface area contributed by atoms with Crippen LogP contribution in [0.25, 0.3) is 16.7 Å². The molecule has 3 atom stereocenters. The Hall–Kier alpha value is -1.97. The third-order valence-corrected chi connectivity index (χ3v) is 8.28. The average molecular weight is 404 g/mol. The Morgan fingerprint density at radius 2 is 2.14 bits per heavy atom. The summed E-state index contributed by atoms with van der Waals surface area (Å²) in [6, 6.07) is 1.90. The van der Waals surface area contributed by atoms with Crippen molar-refractivity contribution in [1.29, 1.82) is 0 Å². The quantitative estimate of drug-likeness (QED) is 0.583. The van der Waals surface area contributed by atoms with Crippen LogP contribution in [0.4, 0.5) is 0 Å². The molecule has 2 aliphatic carbocycles. The third-order valence-electron chi connectivity index (χ3n) is 6.27. The van der Waals surface area contributed by atoms with Crippen LogP contribution >= 0.6 is 0 Å². The van der Waals surface area contributed by atoms with Crippen molar-refractivity contribution in [3.05, 3.63) is 30.0 Å². The van der Waals surface area contributed by atoms with Gasteiger partial charge in [0.15, 0.2) is 5.65 Å². The molecule has 2 aliphatic rings. The van der Waals surface area contributed by atoms with E-state index in [-0.39, 0.29) is 23.8 Å². The first kappa shape index (κ1) is 18.1. The molecule has 0 aliphatic heterocycles. The number of fused-ring (bicyclic) bond motifs is 3. The van der Waals surface area contributed by atoms with E-state index in [4.69, 9.17) is 4.98 Å². The molecular formula is C19H25N5O3S. The van der Waals surface area contributed by atoms with E-state index in [0.29, 0.717) is 11.6 Å². The summed E-state index contributed by atoms with van der Waals surface area (Å²) in [4.78, 5) is 12.3. The van der Waals surface area contributed by atoms with Crippen molar-refractivity contribution in [2.24, 2.45) is 5.92 Å². The molecule has 28 heavy (non-hydrogen) atoms. The SMILES string of the molecule is CC[C@@H]1C[C@H](NS(=O)(=O)C2CC2)C[C@@H]1c1nc(CO)c2cnc3[nH]ccc3n12. The van der Waals surface area contributed by atoms with E-state index in [0.717, 1.165) is 54.6 Å². The van der Waals surface area contributed by atoms with Crippen LogP contribution in [0.15, 0.2) is 18.5 Å². The summed E-state index contributed by atoms with van der Waals surface area (Å²) in [5, 5.41) is 9.60. The summed E-state index contributed by atoms with van der Waals surface area (Å²) in [5.74, 6) is 1.36. The highest BCUT2D eigenvalue weighted by atomic mass is 32.2. The van der Waals surface area contributed by atoms with Gasteiger partial charge >= 0.3 is 0 Å². The normalized spacial score (nSPS) is 25.9. The summed E-state index contributed by atoms with van der Waals surface area (Å²) in [5.41, 5.74) is 3.12. The maximum Gasteiger partial charge on any atom is 0.214 e. The second kappa shape index (κ2) is 6.53. The van der Waals surface area contributed by atoms with Crippen LogP contribution in [0.1, 0.15) is 56.5 Å². The highest BCUT2D eigenvalue weighted by Gasteiger charge is 2.42. The Kier molecular flexibility index (Phi) is 4.22. The predicted octanol–water partition coefficient (Wildman–Crippen LogP) is 2.06.